The molecule has 0 aliphatic carbocycles. The topological polar surface area (TPSA) is 91.9 Å². The Morgan fingerprint density at radius 1 is 1.06 bits per heavy atom. The second kappa shape index (κ2) is 9.78. The van der Waals surface area contributed by atoms with Crippen LogP contribution >= 0.6 is 0 Å². The number of aryl methyl sites for hydroxylation is 1. The standard InChI is InChI=1S/C25H28N4O3/c1-2-18-8-10-21(11-9-18)29-24(31)22(23(30)27-25(29)32)16-26-20-12-14-28(15-13-20)17-19-6-4-3-5-7-19/h3-11,16,20,31H,2,12-15,17H2,1H3,(H,27,30,32)/p+1. The van der Waals surface area contributed by atoms with E-state index in [4.69, 9.17) is 0 Å². The van der Waals surface area contributed by atoms with Crippen LogP contribution in [0.5, 0.6) is 5.88 Å². The summed E-state index contributed by atoms with van der Waals surface area (Å²) in [6.45, 7) is 5.05. The summed E-state index contributed by atoms with van der Waals surface area (Å²) < 4.78 is 1.11. The van der Waals surface area contributed by atoms with Crippen LogP contribution in [-0.4, -0.2) is 40.0 Å². The molecule has 0 saturated carbocycles. The van der Waals surface area contributed by atoms with Gasteiger partial charge in [-0.25, -0.2) is 9.36 Å². The smallest absolute Gasteiger partial charge is 0.335 e. The second-order valence-electron chi connectivity index (χ2n) is 8.27. The van der Waals surface area contributed by atoms with Gasteiger partial charge in [0, 0.05) is 24.6 Å². The van der Waals surface area contributed by atoms with Crippen LogP contribution in [0.15, 0.2) is 69.2 Å². The van der Waals surface area contributed by atoms with Crippen molar-refractivity contribution in [2.24, 2.45) is 4.99 Å². The number of piperidine rings is 1. The fourth-order valence-corrected chi connectivity index (χ4v) is 4.18. The zero-order chi connectivity index (χ0) is 22.5. The highest BCUT2D eigenvalue weighted by atomic mass is 16.3. The lowest BCUT2D eigenvalue weighted by atomic mass is 10.0. The number of nitrogens with zero attached hydrogens (tertiary/aromatic N) is 2. The Balaban J connectivity index is 1.48. The molecular weight excluding hydrogens is 404 g/mol. The van der Waals surface area contributed by atoms with Crippen molar-refractivity contribution in [3.8, 4) is 11.6 Å². The van der Waals surface area contributed by atoms with Gasteiger partial charge in [-0.1, -0.05) is 49.4 Å². The van der Waals surface area contributed by atoms with Gasteiger partial charge >= 0.3 is 5.69 Å². The van der Waals surface area contributed by atoms with Gasteiger partial charge in [-0.3, -0.25) is 14.8 Å². The molecule has 1 fully saturated rings. The van der Waals surface area contributed by atoms with Crippen molar-refractivity contribution < 1.29 is 10.0 Å². The molecule has 0 spiro atoms. The number of likely N-dealkylation sites (tertiary alicyclic amines) is 1. The van der Waals surface area contributed by atoms with Crippen LogP contribution in [0.25, 0.3) is 5.69 Å². The Hall–Kier alpha value is -3.45. The first kappa shape index (κ1) is 21.8. The predicted octanol–water partition coefficient (Wildman–Crippen LogP) is 1.46. The third-order valence-electron chi connectivity index (χ3n) is 6.10. The van der Waals surface area contributed by atoms with Crippen molar-refractivity contribution in [2.75, 3.05) is 13.1 Å². The summed E-state index contributed by atoms with van der Waals surface area (Å²) >= 11 is 0. The number of rotatable bonds is 6. The predicted molar refractivity (Wildman–Crippen MR) is 125 cm³/mol. The Kier molecular flexibility index (Phi) is 6.66. The van der Waals surface area contributed by atoms with Crippen LogP contribution in [-0.2, 0) is 13.0 Å². The fourth-order valence-electron chi connectivity index (χ4n) is 4.18. The van der Waals surface area contributed by atoms with Gasteiger partial charge in [-0.05, 0) is 24.1 Å². The molecule has 1 aromatic heterocycles. The fraction of sp³-hybridized carbons (Fsp3) is 0.320. The molecule has 1 aliphatic rings. The Morgan fingerprint density at radius 3 is 2.41 bits per heavy atom. The van der Waals surface area contributed by atoms with Gasteiger partial charge in [-0.15, -0.1) is 0 Å². The quantitative estimate of drug-likeness (QED) is 0.514. The third-order valence-corrected chi connectivity index (χ3v) is 6.10. The first-order valence-electron chi connectivity index (χ1n) is 11.1. The lowest BCUT2D eigenvalue weighted by molar-refractivity contribution is -0.918. The van der Waals surface area contributed by atoms with E-state index >= 15 is 0 Å². The molecule has 4 rings (SSSR count). The lowest BCUT2D eigenvalue weighted by Crippen LogP contribution is -3.12. The van der Waals surface area contributed by atoms with Gasteiger partial charge < -0.3 is 10.0 Å². The molecule has 0 bridgehead atoms. The van der Waals surface area contributed by atoms with Crippen molar-refractivity contribution in [2.45, 2.75) is 38.8 Å². The Labute approximate surface area is 186 Å². The van der Waals surface area contributed by atoms with Crippen molar-refractivity contribution in [1.82, 2.24) is 9.55 Å². The zero-order valence-electron chi connectivity index (χ0n) is 18.3. The molecule has 0 amide bonds. The second-order valence-corrected chi connectivity index (χ2v) is 8.27. The maximum absolute atomic E-state index is 12.4. The first-order valence-corrected chi connectivity index (χ1v) is 11.1. The summed E-state index contributed by atoms with van der Waals surface area (Å²) in [5.41, 5.74) is 1.64. The van der Waals surface area contributed by atoms with Crippen LogP contribution in [0, 0.1) is 0 Å². The number of aromatic hydroxyl groups is 1. The minimum absolute atomic E-state index is 0.00299. The molecule has 166 valence electrons. The number of H-pyrrole nitrogens is 1. The lowest BCUT2D eigenvalue weighted by Gasteiger charge is -2.27. The van der Waals surface area contributed by atoms with Gasteiger partial charge in [0.1, 0.15) is 12.1 Å². The van der Waals surface area contributed by atoms with Crippen molar-refractivity contribution >= 4 is 6.21 Å². The molecule has 1 saturated heterocycles. The molecule has 7 heteroatoms. The molecule has 0 atom stereocenters. The summed E-state index contributed by atoms with van der Waals surface area (Å²) in [5, 5.41) is 10.7. The molecule has 1 aliphatic heterocycles. The molecule has 7 nitrogen and oxygen atoms in total. The maximum Gasteiger partial charge on any atom is 0.335 e. The average molecular weight is 434 g/mol. The van der Waals surface area contributed by atoms with E-state index < -0.39 is 11.2 Å². The highest BCUT2D eigenvalue weighted by Crippen LogP contribution is 2.17. The molecule has 32 heavy (non-hydrogen) atoms. The number of nitrogens with one attached hydrogen (secondary N) is 2. The van der Waals surface area contributed by atoms with E-state index in [0.29, 0.717) is 5.69 Å². The van der Waals surface area contributed by atoms with E-state index in [2.05, 4.69) is 34.2 Å². The van der Waals surface area contributed by atoms with Crippen LogP contribution in [0.4, 0.5) is 0 Å². The van der Waals surface area contributed by atoms with Crippen molar-refractivity contribution in [1.29, 1.82) is 0 Å². The van der Waals surface area contributed by atoms with E-state index in [1.807, 2.05) is 25.1 Å². The minimum atomic E-state index is -0.674. The largest absolute Gasteiger partial charge is 0.493 e. The summed E-state index contributed by atoms with van der Waals surface area (Å²) in [5.74, 6) is -0.390. The summed E-state index contributed by atoms with van der Waals surface area (Å²) in [4.78, 5) is 33.1. The highest BCUT2D eigenvalue weighted by Gasteiger charge is 2.22. The number of hydrogen-bond donors (Lipinski definition) is 3. The SMILES string of the molecule is CCc1ccc(-n2c(O)c(C=NC3CC[NH+](Cc4ccccc4)CC3)c(=O)[nH]c2=O)cc1. The van der Waals surface area contributed by atoms with E-state index in [1.54, 1.807) is 12.1 Å². The Bertz CT molecular complexity index is 1190. The number of benzene rings is 2. The van der Waals surface area contributed by atoms with Gasteiger partial charge in [0.05, 0.1) is 24.8 Å². The first-order chi connectivity index (χ1) is 15.5. The molecule has 0 unspecified atom stereocenters. The number of quaternary nitrogens is 1. The van der Waals surface area contributed by atoms with Crippen LogP contribution in [0.2, 0.25) is 0 Å². The number of aliphatic imine (C=N–C) groups is 1. The van der Waals surface area contributed by atoms with E-state index in [1.165, 1.54) is 16.7 Å². The van der Waals surface area contributed by atoms with Crippen LogP contribution in [0.1, 0.15) is 36.5 Å². The monoisotopic (exact) mass is 433 g/mol. The maximum atomic E-state index is 12.4. The van der Waals surface area contributed by atoms with Crippen LogP contribution < -0.4 is 16.1 Å². The van der Waals surface area contributed by atoms with Crippen LogP contribution in [0.3, 0.4) is 0 Å². The number of hydrogen-bond acceptors (Lipinski definition) is 4. The summed E-state index contributed by atoms with van der Waals surface area (Å²) in [6.07, 6.45) is 4.11. The van der Waals surface area contributed by atoms with Gasteiger partial charge in [0.15, 0.2) is 0 Å². The van der Waals surface area contributed by atoms with Gasteiger partial charge in [-0.2, -0.15) is 0 Å². The molecule has 3 N–H and O–H groups in total. The highest BCUT2D eigenvalue weighted by molar-refractivity contribution is 5.82. The normalized spacial score (nSPS) is 18.8. The molecular formula is C25H29N4O3+. The molecule has 2 aromatic carbocycles. The zero-order valence-corrected chi connectivity index (χ0v) is 18.3. The van der Waals surface area contributed by atoms with E-state index in [9.17, 15) is 14.7 Å². The Morgan fingerprint density at radius 2 is 1.75 bits per heavy atom. The molecule has 0 radical (unpaired) electrons. The molecule has 2 heterocycles. The van der Waals surface area contributed by atoms with Gasteiger partial charge in [0.25, 0.3) is 5.56 Å². The molecule has 3 aromatic rings. The minimum Gasteiger partial charge on any atom is -0.493 e. The number of aromatic nitrogens is 2. The summed E-state index contributed by atoms with van der Waals surface area (Å²) in [6, 6.07) is 17.8. The van der Waals surface area contributed by atoms with Gasteiger partial charge in [0.2, 0.25) is 5.88 Å². The van der Waals surface area contributed by atoms with E-state index in [-0.39, 0.29) is 17.5 Å². The van der Waals surface area contributed by atoms with E-state index in [0.717, 1.165) is 49.0 Å². The third kappa shape index (κ3) is 4.89. The van der Waals surface area contributed by atoms with Crippen molar-refractivity contribution in [3.63, 3.8) is 0 Å². The number of aromatic amines is 1. The summed E-state index contributed by atoms with van der Waals surface area (Å²) in [7, 11) is 0. The van der Waals surface area contributed by atoms with Crippen molar-refractivity contribution in [3.05, 3.63) is 92.1 Å². The average Bonchev–Trinajstić information content (AvgIpc) is 2.81.